The molecule has 0 nitrogen and oxygen atoms in total. The summed E-state index contributed by atoms with van der Waals surface area (Å²) in [4.78, 5) is 0. The van der Waals surface area contributed by atoms with Gasteiger partial charge < -0.3 is 4.70 Å². The summed E-state index contributed by atoms with van der Waals surface area (Å²) in [6.07, 6.45) is 0. The molecule has 0 aliphatic carbocycles. The van der Waals surface area contributed by atoms with Crippen molar-refractivity contribution in [3.8, 4) is 0 Å². The number of hydrogen-bond donors (Lipinski definition) is 0. The van der Waals surface area contributed by atoms with E-state index in [1.807, 2.05) is 12.1 Å². The van der Waals surface area contributed by atoms with Crippen molar-refractivity contribution < 1.29 is 25.9 Å². The average molecular weight is 335 g/mol. The van der Waals surface area contributed by atoms with Crippen LogP contribution in [0.25, 0.3) is 0 Å². The molecule has 0 aliphatic heterocycles. The molecule has 0 unspecified atom stereocenters. The van der Waals surface area contributed by atoms with Crippen LogP contribution in [0.2, 0.25) is 5.02 Å². The van der Waals surface area contributed by atoms with E-state index in [0.29, 0.717) is 0 Å². The molecule has 2 aromatic carbocycles. The first kappa shape index (κ1) is 12.5. The molecular formula is C12H9ClFI. The van der Waals surface area contributed by atoms with Gasteiger partial charge in [-0.2, -0.15) is 0 Å². The summed E-state index contributed by atoms with van der Waals surface area (Å²) in [6, 6.07) is 18.7. The maximum absolute atomic E-state index is 5.83. The third-order valence-corrected chi connectivity index (χ3v) is 4.69. The smallest absolute Gasteiger partial charge is 0.357 e. The van der Waals surface area contributed by atoms with Crippen LogP contribution in [0.3, 0.4) is 0 Å². The van der Waals surface area contributed by atoms with Crippen molar-refractivity contribution >= 4 is 11.6 Å². The first-order valence-corrected chi connectivity index (χ1v) is 6.83. The lowest BCUT2D eigenvalue weighted by atomic mass is 10.4. The molecule has 0 radical (unpaired) electrons. The number of halogens is 3. The molecule has 2 aromatic rings. The molecule has 0 heterocycles. The summed E-state index contributed by atoms with van der Waals surface area (Å²) >= 11 is 5.78. The molecule has 2 rings (SSSR count). The molecule has 15 heavy (non-hydrogen) atoms. The molecule has 0 aliphatic rings. The van der Waals surface area contributed by atoms with Gasteiger partial charge in [-0.3, -0.25) is 0 Å². The molecule has 78 valence electrons. The summed E-state index contributed by atoms with van der Waals surface area (Å²) in [5.41, 5.74) is 0. The summed E-state index contributed by atoms with van der Waals surface area (Å²) in [5.74, 6) is 0. The van der Waals surface area contributed by atoms with Crippen molar-refractivity contribution in [1.29, 1.82) is 0 Å². The van der Waals surface area contributed by atoms with Gasteiger partial charge in [0.05, 0.1) is 0 Å². The molecule has 0 amide bonds. The Labute approximate surface area is 104 Å². The van der Waals surface area contributed by atoms with Crippen LogP contribution in [0.15, 0.2) is 54.6 Å². The molecular weight excluding hydrogens is 325 g/mol. The van der Waals surface area contributed by atoms with Gasteiger partial charge in [-0.05, 0) is 36.4 Å². The highest BCUT2D eigenvalue weighted by atomic mass is 127. The van der Waals surface area contributed by atoms with Crippen LogP contribution >= 0.6 is 11.6 Å². The molecule has 0 N–H and O–H groups in total. The van der Waals surface area contributed by atoms with Gasteiger partial charge in [0, 0.05) is 5.02 Å². The van der Waals surface area contributed by atoms with Crippen LogP contribution in [0.1, 0.15) is 0 Å². The SMILES string of the molecule is Clc1ccc([I+]c2ccccc2)cc1.[F-]. The molecule has 0 spiro atoms. The highest BCUT2D eigenvalue weighted by Crippen LogP contribution is 2.04. The molecule has 0 saturated carbocycles. The van der Waals surface area contributed by atoms with Crippen molar-refractivity contribution in [2.75, 3.05) is 0 Å². The average Bonchev–Trinajstić information content (AvgIpc) is 2.23. The fourth-order valence-electron chi connectivity index (χ4n) is 1.10. The quantitative estimate of drug-likeness (QED) is 0.532. The molecule has 0 fully saturated rings. The van der Waals surface area contributed by atoms with Crippen LogP contribution in [-0.2, 0) is 0 Å². The fourth-order valence-corrected chi connectivity index (χ4v) is 3.44. The first-order chi connectivity index (χ1) is 6.84. The number of hydrogen-bond acceptors (Lipinski definition) is 0. The largest absolute Gasteiger partial charge is 1.00 e. The van der Waals surface area contributed by atoms with Crippen molar-refractivity contribution in [2.45, 2.75) is 0 Å². The maximum atomic E-state index is 5.83. The highest BCUT2D eigenvalue weighted by Gasteiger charge is 2.13. The highest BCUT2D eigenvalue weighted by molar-refractivity contribution is 6.30. The zero-order valence-electron chi connectivity index (χ0n) is 7.83. The summed E-state index contributed by atoms with van der Waals surface area (Å²) in [5, 5.41) is 0.811. The maximum Gasteiger partial charge on any atom is 0.357 e. The third kappa shape index (κ3) is 3.80. The summed E-state index contributed by atoms with van der Waals surface area (Å²) < 4.78 is 2.84. The first-order valence-electron chi connectivity index (χ1n) is 4.30. The Morgan fingerprint density at radius 1 is 0.733 bits per heavy atom. The normalized spacial score (nSPS) is 9.40. The molecule has 0 bridgehead atoms. The molecule has 0 saturated heterocycles. The second kappa shape index (κ2) is 6.08. The van der Waals surface area contributed by atoms with Gasteiger partial charge in [0.2, 0.25) is 0 Å². The van der Waals surface area contributed by atoms with Crippen molar-refractivity contribution in [3.63, 3.8) is 0 Å². The number of benzene rings is 2. The predicted molar refractivity (Wildman–Crippen MR) is 55.3 cm³/mol. The van der Waals surface area contributed by atoms with Crippen LogP contribution in [-0.4, -0.2) is 0 Å². The van der Waals surface area contributed by atoms with E-state index in [1.165, 1.54) is 7.14 Å². The van der Waals surface area contributed by atoms with E-state index >= 15 is 0 Å². The second-order valence-corrected chi connectivity index (χ2v) is 6.29. The molecule has 0 aromatic heterocycles. The lowest BCUT2D eigenvalue weighted by Gasteiger charge is -1.87. The van der Waals surface area contributed by atoms with E-state index in [-0.39, 0.29) is 25.9 Å². The van der Waals surface area contributed by atoms with Gasteiger partial charge in [0.25, 0.3) is 0 Å². The van der Waals surface area contributed by atoms with E-state index in [0.717, 1.165) is 5.02 Å². The van der Waals surface area contributed by atoms with Gasteiger partial charge >= 0.3 is 21.2 Å². The van der Waals surface area contributed by atoms with Crippen LogP contribution < -0.4 is 25.9 Å². The molecule has 3 heteroatoms. The molecule has 0 atom stereocenters. The zero-order valence-corrected chi connectivity index (χ0v) is 10.7. The Hall–Kier alpha value is -0.610. The van der Waals surface area contributed by atoms with Crippen molar-refractivity contribution in [3.05, 3.63) is 66.8 Å². The predicted octanol–water partition coefficient (Wildman–Crippen LogP) is -2.53. The van der Waals surface area contributed by atoms with Gasteiger partial charge in [0.1, 0.15) is 0 Å². The standard InChI is InChI=1S/C12H9ClI.FH/c13-10-6-8-12(9-7-10)14-11-4-2-1-3-5-11;/h1-9H;1H/q+1;/p-1. The minimum absolute atomic E-state index is 0. The van der Waals surface area contributed by atoms with Gasteiger partial charge in [-0.25, -0.2) is 0 Å². The topological polar surface area (TPSA) is 0 Å². The van der Waals surface area contributed by atoms with E-state index in [9.17, 15) is 0 Å². The fraction of sp³-hybridized carbons (Fsp3) is 0. The Kier molecular flexibility index (Phi) is 5.05. The zero-order chi connectivity index (χ0) is 9.80. The van der Waals surface area contributed by atoms with Gasteiger partial charge in [-0.1, -0.05) is 29.8 Å². The van der Waals surface area contributed by atoms with E-state index < -0.39 is 0 Å². The summed E-state index contributed by atoms with van der Waals surface area (Å²) in [7, 11) is 0. The van der Waals surface area contributed by atoms with Crippen LogP contribution in [0.5, 0.6) is 0 Å². The van der Waals surface area contributed by atoms with Gasteiger partial charge in [-0.15, -0.1) is 0 Å². The van der Waals surface area contributed by atoms with Gasteiger partial charge in [0.15, 0.2) is 7.14 Å². The Balaban J connectivity index is 0.00000112. The number of rotatable bonds is 2. The second-order valence-electron chi connectivity index (χ2n) is 2.83. The van der Waals surface area contributed by atoms with Crippen LogP contribution in [0, 0.1) is 7.14 Å². The lowest BCUT2D eigenvalue weighted by Crippen LogP contribution is -3.61. The van der Waals surface area contributed by atoms with Crippen LogP contribution in [0.4, 0.5) is 0 Å². The Bertz CT molecular complexity index is 400. The Morgan fingerprint density at radius 2 is 1.27 bits per heavy atom. The van der Waals surface area contributed by atoms with E-state index in [1.54, 1.807) is 0 Å². The van der Waals surface area contributed by atoms with Crippen molar-refractivity contribution in [1.82, 2.24) is 0 Å². The summed E-state index contributed by atoms with van der Waals surface area (Å²) in [6.45, 7) is 0. The minimum Gasteiger partial charge on any atom is -1.00 e. The Morgan fingerprint density at radius 3 is 1.87 bits per heavy atom. The minimum atomic E-state index is -0.0427. The lowest BCUT2D eigenvalue weighted by molar-refractivity contribution is -0.597. The van der Waals surface area contributed by atoms with E-state index in [4.69, 9.17) is 11.6 Å². The monoisotopic (exact) mass is 334 g/mol. The third-order valence-electron chi connectivity index (χ3n) is 1.75. The van der Waals surface area contributed by atoms with Crippen molar-refractivity contribution in [2.24, 2.45) is 0 Å². The van der Waals surface area contributed by atoms with E-state index in [2.05, 4.69) is 42.5 Å².